The number of hydrogen-bond acceptors (Lipinski definition) is 3. The van der Waals surface area contributed by atoms with Gasteiger partial charge in [-0.1, -0.05) is 12.1 Å². The number of hydrogen-bond donors (Lipinski definition) is 3. The summed E-state index contributed by atoms with van der Waals surface area (Å²) in [6.07, 6.45) is 0.773. The number of halogens is 1. The summed E-state index contributed by atoms with van der Waals surface area (Å²) in [5.74, 6) is 0.698. The highest BCUT2D eigenvalue weighted by molar-refractivity contribution is 5.84. The molecule has 0 aliphatic carbocycles. The monoisotopic (exact) mass is 366 g/mol. The van der Waals surface area contributed by atoms with Crippen LogP contribution >= 0.6 is 0 Å². The number of ether oxygens (including phenoxy) is 1. The van der Waals surface area contributed by atoms with Crippen LogP contribution in [0.3, 0.4) is 0 Å². The average Bonchev–Trinajstić information content (AvgIpc) is 2.55. The predicted molar refractivity (Wildman–Crippen MR) is 105 cm³/mol. The van der Waals surface area contributed by atoms with Crippen molar-refractivity contribution in [3.63, 3.8) is 0 Å². The quantitative estimate of drug-likeness (QED) is 0.374. The summed E-state index contributed by atoms with van der Waals surface area (Å²) in [7, 11) is 0. The van der Waals surface area contributed by atoms with Crippen molar-refractivity contribution in [1.82, 2.24) is 10.6 Å². The summed E-state index contributed by atoms with van der Waals surface area (Å²) in [5, 5.41) is 9.07. The first-order chi connectivity index (χ1) is 12.3. The SMILES string of the molecule is CCNC(=NCCCF)NCCc1ccc(NC(=O)OC(C)(C)C)cc1. The number of guanidine groups is 1. The molecule has 0 aliphatic rings. The summed E-state index contributed by atoms with van der Waals surface area (Å²) < 4.78 is 17.4. The first-order valence-electron chi connectivity index (χ1n) is 9.01. The average molecular weight is 366 g/mol. The topological polar surface area (TPSA) is 74.8 Å². The second-order valence-electron chi connectivity index (χ2n) is 6.80. The lowest BCUT2D eigenvalue weighted by atomic mass is 10.1. The van der Waals surface area contributed by atoms with Gasteiger partial charge in [0.25, 0.3) is 0 Å². The summed E-state index contributed by atoms with van der Waals surface area (Å²) in [5.41, 5.74) is 1.30. The van der Waals surface area contributed by atoms with Crippen molar-refractivity contribution in [3.05, 3.63) is 29.8 Å². The highest BCUT2D eigenvalue weighted by atomic mass is 19.1. The van der Waals surface area contributed by atoms with Gasteiger partial charge in [0.15, 0.2) is 5.96 Å². The van der Waals surface area contributed by atoms with E-state index in [1.807, 2.05) is 52.0 Å². The van der Waals surface area contributed by atoms with Crippen molar-refractivity contribution in [2.75, 3.05) is 31.6 Å². The standard InChI is InChI=1S/C19H31FN4O2/c1-5-21-17(22-13-6-12-20)23-14-11-15-7-9-16(10-8-15)24-18(25)26-19(2,3)4/h7-10H,5-6,11-14H2,1-4H3,(H,24,25)(H2,21,22,23). The number of aliphatic imine (C=N–C) groups is 1. The Morgan fingerprint density at radius 2 is 1.88 bits per heavy atom. The van der Waals surface area contributed by atoms with Gasteiger partial charge in [0.1, 0.15) is 5.60 Å². The number of carbonyl (C=O) groups is 1. The zero-order valence-corrected chi connectivity index (χ0v) is 16.2. The smallest absolute Gasteiger partial charge is 0.412 e. The van der Waals surface area contributed by atoms with E-state index in [1.54, 1.807) is 0 Å². The minimum absolute atomic E-state index is 0.355. The molecule has 0 saturated carbocycles. The molecule has 0 bridgehead atoms. The van der Waals surface area contributed by atoms with Crippen molar-refractivity contribution >= 4 is 17.7 Å². The first kappa shape index (κ1) is 21.7. The molecule has 7 heteroatoms. The predicted octanol–water partition coefficient (Wildman–Crippen LogP) is 3.49. The fraction of sp³-hybridized carbons (Fsp3) is 0.579. The molecule has 0 radical (unpaired) electrons. The lowest BCUT2D eigenvalue weighted by molar-refractivity contribution is 0.0636. The number of benzene rings is 1. The van der Waals surface area contributed by atoms with Crippen LogP contribution in [-0.4, -0.2) is 44.0 Å². The molecule has 1 aromatic carbocycles. The molecule has 1 amide bonds. The van der Waals surface area contributed by atoms with Crippen LogP contribution in [0.5, 0.6) is 0 Å². The zero-order chi connectivity index (χ0) is 19.4. The second-order valence-corrected chi connectivity index (χ2v) is 6.80. The van der Waals surface area contributed by atoms with Crippen LogP contribution in [-0.2, 0) is 11.2 Å². The van der Waals surface area contributed by atoms with Crippen LogP contribution in [0.25, 0.3) is 0 Å². The van der Waals surface area contributed by atoms with E-state index in [0.717, 1.165) is 18.5 Å². The van der Waals surface area contributed by atoms with E-state index in [2.05, 4.69) is 20.9 Å². The number of carbonyl (C=O) groups excluding carboxylic acids is 1. The van der Waals surface area contributed by atoms with Gasteiger partial charge >= 0.3 is 6.09 Å². The Kier molecular flexibility index (Phi) is 9.47. The summed E-state index contributed by atoms with van der Waals surface area (Å²) in [6, 6.07) is 7.61. The third-order valence-electron chi connectivity index (χ3n) is 3.21. The van der Waals surface area contributed by atoms with Gasteiger partial charge in [-0.3, -0.25) is 14.7 Å². The Balaban J connectivity index is 2.44. The Morgan fingerprint density at radius 1 is 1.19 bits per heavy atom. The molecule has 6 nitrogen and oxygen atoms in total. The maximum absolute atomic E-state index is 12.2. The summed E-state index contributed by atoms with van der Waals surface area (Å²) in [6.45, 7) is 9.04. The Bertz CT molecular complexity index is 568. The Morgan fingerprint density at radius 3 is 2.46 bits per heavy atom. The van der Waals surface area contributed by atoms with Crippen LogP contribution in [0.1, 0.15) is 39.7 Å². The van der Waals surface area contributed by atoms with E-state index in [4.69, 9.17) is 4.74 Å². The molecular weight excluding hydrogens is 335 g/mol. The lowest BCUT2D eigenvalue weighted by Crippen LogP contribution is -2.38. The van der Waals surface area contributed by atoms with Gasteiger partial charge in [0.2, 0.25) is 0 Å². The highest BCUT2D eigenvalue weighted by Crippen LogP contribution is 2.13. The van der Waals surface area contributed by atoms with Gasteiger partial charge < -0.3 is 15.4 Å². The minimum Gasteiger partial charge on any atom is -0.444 e. The number of nitrogens with one attached hydrogen (secondary N) is 3. The van der Waals surface area contributed by atoms with Gasteiger partial charge in [-0.05, 0) is 58.2 Å². The molecule has 1 rings (SSSR count). The summed E-state index contributed by atoms with van der Waals surface area (Å²) in [4.78, 5) is 16.0. The molecule has 0 aliphatic heterocycles. The molecule has 0 atom stereocenters. The molecule has 26 heavy (non-hydrogen) atoms. The van der Waals surface area contributed by atoms with Crippen molar-refractivity contribution in [1.29, 1.82) is 0 Å². The van der Waals surface area contributed by atoms with Crippen molar-refractivity contribution in [2.24, 2.45) is 4.99 Å². The number of nitrogens with zero attached hydrogens (tertiary/aromatic N) is 1. The van der Waals surface area contributed by atoms with Gasteiger partial charge in [0, 0.05) is 25.3 Å². The van der Waals surface area contributed by atoms with Crippen LogP contribution in [0.4, 0.5) is 14.9 Å². The van der Waals surface area contributed by atoms with Crippen LogP contribution < -0.4 is 16.0 Å². The van der Waals surface area contributed by atoms with Crippen molar-refractivity contribution in [3.8, 4) is 0 Å². The largest absolute Gasteiger partial charge is 0.444 e. The van der Waals surface area contributed by atoms with Gasteiger partial charge in [-0.15, -0.1) is 0 Å². The molecule has 0 unspecified atom stereocenters. The van der Waals surface area contributed by atoms with E-state index >= 15 is 0 Å². The van der Waals surface area contributed by atoms with Crippen LogP contribution in [0.15, 0.2) is 29.3 Å². The van der Waals surface area contributed by atoms with E-state index in [0.29, 0.717) is 31.2 Å². The van der Waals surface area contributed by atoms with Gasteiger partial charge in [-0.2, -0.15) is 0 Å². The van der Waals surface area contributed by atoms with E-state index in [1.165, 1.54) is 0 Å². The van der Waals surface area contributed by atoms with Crippen molar-refractivity contribution in [2.45, 2.75) is 46.1 Å². The van der Waals surface area contributed by atoms with Crippen LogP contribution in [0.2, 0.25) is 0 Å². The fourth-order valence-corrected chi connectivity index (χ4v) is 2.09. The third-order valence-corrected chi connectivity index (χ3v) is 3.21. The molecule has 3 N–H and O–H groups in total. The molecule has 0 spiro atoms. The summed E-state index contributed by atoms with van der Waals surface area (Å²) >= 11 is 0. The van der Waals surface area contributed by atoms with Gasteiger partial charge in [0.05, 0.1) is 6.67 Å². The molecular formula is C19H31FN4O2. The third kappa shape index (κ3) is 9.86. The van der Waals surface area contributed by atoms with Crippen molar-refractivity contribution < 1.29 is 13.9 Å². The van der Waals surface area contributed by atoms with E-state index in [-0.39, 0.29) is 6.67 Å². The number of anilines is 1. The maximum Gasteiger partial charge on any atom is 0.412 e. The zero-order valence-electron chi connectivity index (χ0n) is 16.2. The molecule has 0 heterocycles. The lowest BCUT2D eigenvalue weighted by Gasteiger charge is -2.19. The first-order valence-corrected chi connectivity index (χ1v) is 9.01. The van der Waals surface area contributed by atoms with E-state index < -0.39 is 11.7 Å². The number of rotatable bonds is 8. The molecule has 0 fully saturated rings. The number of alkyl halides is 1. The minimum atomic E-state index is -0.522. The fourth-order valence-electron chi connectivity index (χ4n) is 2.09. The molecule has 146 valence electrons. The Hall–Kier alpha value is -2.31. The van der Waals surface area contributed by atoms with E-state index in [9.17, 15) is 9.18 Å². The Labute approximate surface area is 155 Å². The number of amides is 1. The van der Waals surface area contributed by atoms with Gasteiger partial charge in [-0.25, -0.2) is 4.79 Å². The second kappa shape index (κ2) is 11.3. The normalized spacial score (nSPS) is 11.8. The highest BCUT2D eigenvalue weighted by Gasteiger charge is 2.16. The maximum atomic E-state index is 12.2. The molecule has 0 aromatic heterocycles. The van der Waals surface area contributed by atoms with Crippen LogP contribution in [0, 0.1) is 0 Å². The molecule has 0 saturated heterocycles. The molecule has 1 aromatic rings.